The quantitative estimate of drug-likeness (QED) is 0.773. The number of benzene rings is 2. The highest BCUT2D eigenvalue weighted by Crippen LogP contribution is 2.11. The Morgan fingerprint density at radius 1 is 0.957 bits per heavy atom. The number of carbonyl (C=O) groups excluding carboxylic acids is 1. The van der Waals surface area contributed by atoms with E-state index in [2.05, 4.69) is 24.5 Å². The van der Waals surface area contributed by atoms with Crippen LogP contribution in [0.3, 0.4) is 0 Å². The molecule has 0 radical (unpaired) electrons. The van der Waals surface area contributed by atoms with Crippen LogP contribution in [0.5, 0.6) is 0 Å². The minimum absolute atomic E-state index is 0.0503. The van der Waals surface area contributed by atoms with E-state index in [1.54, 1.807) is 0 Å². The molecule has 0 unspecified atom stereocenters. The van der Waals surface area contributed by atoms with E-state index in [1.165, 1.54) is 0 Å². The molecule has 2 N–H and O–H groups in total. The molecule has 2 rings (SSSR count). The van der Waals surface area contributed by atoms with Crippen molar-refractivity contribution in [3.8, 4) is 0 Å². The highest BCUT2D eigenvalue weighted by atomic mass is 16.1. The SMILES string of the molecule is CC(C)CCNc1ccc(CC(=O)NCc2ccccc2)cc1. The van der Waals surface area contributed by atoms with Crippen molar-refractivity contribution in [2.75, 3.05) is 11.9 Å². The second-order valence-electron chi connectivity index (χ2n) is 6.25. The molecule has 0 aliphatic rings. The number of amides is 1. The smallest absolute Gasteiger partial charge is 0.224 e. The van der Waals surface area contributed by atoms with Gasteiger partial charge in [0, 0.05) is 18.8 Å². The van der Waals surface area contributed by atoms with Crippen LogP contribution in [-0.4, -0.2) is 12.5 Å². The topological polar surface area (TPSA) is 41.1 Å². The van der Waals surface area contributed by atoms with Crippen LogP contribution in [0.4, 0.5) is 5.69 Å². The standard InChI is InChI=1S/C20H26N2O/c1-16(2)12-13-21-19-10-8-17(9-11-19)14-20(23)22-15-18-6-4-3-5-7-18/h3-11,16,21H,12-15H2,1-2H3,(H,22,23). The van der Waals surface area contributed by atoms with Crippen molar-refractivity contribution in [3.63, 3.8) is 0 Å². The average Bonchev–Trinajstić information content (AvgIpc) is 2.55. The Balaban J connectivity index is 1.75. The Hall–Kier alpha value is -2.29. The van der Waals surface area contributed by atoms with Crippen molar-refractivity contribution in [2.24, 2.45) is 5.92 Å². The van der Waals surface area contributed by atoms with Crippen LogP contribution < -0.4 is 10.6 Å². The highest BCUT2D eigenvalue weighted by molar-refractivity contribution is 5.78. The lowest BCUT2D eigenvalue weighted by Crippen LogP contribution is -2.24. The molecule has 0 atom stereocenters. The van der Waals surface area contributed by atoms with E-state index in [-0.39, 0.29) is 5.91 Å². The van der Waals surface area contributed by atoms with Crippen LogP contribution >= 0.6 is 0 Å². The molecule has 2 aromatic rings. The van der Waals surface area contributed by atoms with Crippen molar-refractivity contribution in [1.29, 1.82) is 0 Å². The fourth-order valence-electron chi connectivity index (χ4n) is 2.29. The van der Waals surface area contributed by atoms with Crippen molar-refractivity contribution in [1.82, 2.24) is 5.32 Å². The van der Waals surface area contributed by atoms with Gasteiger partial charge in [-0.1, -0.05) is 56.3 Å². The van der Waals surface area contributed by atoms with E-state index in [1.807, 2.05) is 54.6 Å². The number of carbonyl (C=O) groups is 1. The van der Waals surface area contributed by atoms with Gasteiger partial charge in [0.05, 0.1) is 6.42 Å². The van der Waals surface area contributed by atoms with Gasteiger partial charge in [-0.05, 0) is 35.6 Å². The van der Waals surface area contributed by atoms with Gasteiger partial charge in [0.25, 0.3) is 0 Å². The minimum atomic E-state index is 0.0503. The molecule has 0 saturated heterocycles. The summed E-state index contributed by atoms with van der Waals surface area (Å²) in [5.41, 5.74) is 3.26. The first-order chi connectivity index (χ1) is 11.1. The molecule has 0 aromatic heterocycles. The summed E-state index contributed by atoms with van der Waals surface area (Å²) in [6.07, 6.45) is 1.57. The van der Waals surface area contributed by atoms with E-state index >= 15 is 0 Å². The van der Waals surface area contributed by atoms with Crippen molar-refractivity contribution < 1.29 is 4.79 Å². The van der Waals surface area contributed by atoms with Crippen LogP contribution in [0.1, 0.15) is 31.4 Å². The van der Waals surface area contributed by atoms with Crippen LogP contribution in [0, 0.1) is 5.92 Å². The van der Waals surface area contributed by atoms with Gasteiger partial charge >= 0.3 is 0 Å². The van der Waals surface area contributed by atoms with Gasteiger partial charge in [-0.3, -0.25) is 4.79 Å². The van der Waals surface area contributed by atoms with Gasteiger partial charge in [-0.2, -0.15) is 0 Å². The van der Waals surface area contributed by atoms with Crippen LogP contribution in [-0.2, 0) is 17.8 Å². The Kier molecular flexibility index (Phi) is 6.67. The lowest BCUT2D eigenvalue weighted by molar-refractivity contribution is -0.120. The summed E-state index contributed by atoms with van der Waals surface area (Å²) in [4.78, 5) is 12.0. The minimum Gasteiger partial charge on any atom is -0.385 e. The molecule has 0 bridgehead atoms. The van der Waals surface area contributed by atoms with Gasteiger partial charge in [0.2, 0.25) is 5.91 Å². The molecular formula is C20H26N2O. The van der Waals surface area contributed by atoms with E-state index in [0.717, 1.165) is 29.8 Å². The van der Waals surface area contributed by atoms with Gasteiger partial charge in [0.15, 0.2) is 0 Å². The monoisotopic (exact) mass is 310 g/mol. The second kappa shape index (κ2) is 8.99. The predicted molar refractivity (Wildman–Crippen MR) is 96.4 cm³/mol. The number of hydrogen-bond donors (Lipinski definition) is 2. The largest absolute Gasteiger partial charge is 0.385 e. The molecule has 1 amide bonds. The third kappa shape index (κ3) is 6.55. The third-order valence-corrected chi connectivity index (χ3v) is 3.70. The number of rotatable bonds is 8. The van der Waals surface area contributed by atoms with Crippen LogP contribution in [0.15, 0.2) is 54.6 Å². The molecule has 2 aromatic carbocycles. The van der Waals surface area contributed by atoms with Crippen molar-refractivity contribution >= 4 is 11.6 Å². The van der Waals surface area contributed by atoms with E-state index in [0.29, 0.717) is 18.9 Å². The third-order valence-electron chi connectivity index (χ3n) is 3.70. The lowest BCUT2D eigenvalue weighted by Gasteiger charge is -2.09. The number of nitrogens with one attached hydrogen (secondary N) is 2. The maximum Gasteiger partial charge on any atom is 0.224 e. The molecule has 3 nitrogen and oxygen atoms in total. The summed E-state index contributed by atoms with van der Waals surface area (Å²) in [5.74, 6) is 0.754. The van der Waals surface area contributed by atoms with E-state index < -0.39 is 0 Å². The Bertz CT molecular complexity index is 591. The molecule has 0 heterocycles. The Labute approximate surface area is 139 Å². The summed E-state index contributed by atoms with van der Waals surface area (Å²) < 4.78 is 0. The summed E-state index contributed by atoms with van der Waals surface area (Å²) in [6, 6.07) is 18.1. The number of anilines is 1. The molecule has 23 heavy (non-hydrogen) atoms. The highest BCUT2D eigenvalue weighted by Gasteiger charge is 2.03. The number of hydrogen-bond acceptors (Lipinski definition) is 2. The lowest BCUT2D eigenvalue weighted by atomic mass is 10.1. The Morgan fingerprint density at radius 3 is 2.30 bits per heavy atom. The van der Waals surface area contributed by atoms with Crippen molar-refractivity contribution in [3.05, 3.63) is 65.7 Å². The first-order valence-corrected chi connectivity index (χ1v) is 8.27. The molecule has 0 fully saturated rings. The van der Waals surface area contributed by atoms with Crippen LogP contribution in [0.25, 0.3) is 0 Å². The summed E-state index contributed by atoms with van der Waals surface area (Å²) in [6.45, 7) is 6.00. The zero-order valence-electron chi connectivity index (χ0n) is 14.0. The normalized spacial score (nSPS) is 10.6. The van der Waals surface area contributed by atoms with Gasteiger partial charge in [-0.25, -0.2) is 0 Å². The molecule has 122 valence electrons. The molecule has 0 aliphatic heterocycles. The van der Waals surface area contributed by atoms with E-state index in [4.69, 9.17) is 0 Å². The van der Waals surface area contributed by atoms with Gasteiger partial charge in [0.1, 0.15) is 0 Å². The fraction of sp³-hybridized carbons (Fsp3) is 0.350. The first kappa shape index (κ1) is 17.1. The average molecular weight is 310 g/mol. The summed E-state index contributed by atoms with van der Waals surface area (Å²) >= 11 is 0. The molecule has 0 spiro atoms. The molecular weight excluding hydrogens is 284 g/mol. The fourth-order valence-corrected chi connectivity index (χ4v) is 2.29. The molecule has 3 heteroatoms. The predicted octanol–water partition coefficient (Wildman–Crippen LogP) is 4.00. The van der Waals surface area contributed by atoms with Gasteiger partial charge < -0.3 is 10.6 Å². The summed E-state index contributed by atoms with van der Waals surface area (Å²) in [7, 11) is 0. The van der Waals surface area contributed by atoms with Crippen LogP contribution in [0.2, 0.25) is 0 Å². The van der Waals surface area contributed by atoms with Gasteiger partial charge in [-0.15, -0.1) is 0 Å². The zero-order valence-corrected chi connectivity index (χ0v) is 14.0. The zero-order chi connectivity index (χ0) is 16.5. The first-order valence-electron chi connectivity index (χ1n) is 8.27. The van der Waals surface area contributed by atoms with Crippen molar-refractivity contribution in [2.45, 2.75) is 33.2 Å². The Morgan fingerprint density at radius 2 is 1.65 bits per heavy atom. The van der Waals surface area contributed by atoms with E-state index in [9.17, 15) is 4.79 Å². The summed E-state index contributed by atoms with van der Waals surface area (Å²) in [5, 5.41) is 6.36. The second-order valence-corrected chi connectivity index (χ2v) is 6.25. The molecule has 0 saturated carbocycles. The maximum absolute atomic E-state index is 12.0. The maximum atomic E-state index is 12.0. The molecule has 0 aliphatic carbocycles.